The molecular weight excluding hydrogens is 359 g/mol. The van der Waals surface area contributed by atoms with Crippen molar-refractivity contribution in [3.8, 4) is 5.75 Å². The largest absolute Gasteiger partial charge is 0.490 e. The zero-order chi connectivity index (χ0) is 13.8. The van der Waals surface area contributed by atoms with Gasteiger partial charge >= 0.3 is 6.09 Å². The second kappa shape index (κ2) is 6.40. The first-order chi connectivity index (χ1) is 9.06. The summed E-state index contributed by atoms with van der Waals surface area (Å²) in [6, 6.07) is 3.84. The number of carboxylic acid groups (broad SMARTS) is 1. The molecule has 0 spiro atoms. The Morgan fingerprint density at radius 2 is 2.42 bits per heavy atom. The fourth-order valence-electron chi connectivity index (χ4n) is 2.20. The molecule has 104 valence electrons. The number of hydrogen-bond donors (Lipinski definition) is 1. The highest BCUT2D eigenvalue weighted by Crippen LogP contribution is 2.22. The predicted octanol–water partition coefficient (Wildman–Crippen LogP) is 2.76. The topological polar surface area (TPSA) is 62.7 Å². The van der Waals surface area contributed by atoms with Crippen LogP contribution in [0.2, 0.25) is 0 Å². The normalized spacial score (nSPS) is 19.3. The van der Waals surface area contributed by atoms with Crippen molar-refractivity contribution in [2.75, 3.05) is 19.7 Å². The van der Waals surface area contributed by atoms with Gasteiger partial charge in [0.25, 0.3) is 0 Å². The van der Waals surface area contributed by atoms with Crippen LogP contribution in [0, 0.1) is 16.5 Å². The number of piperidine rings is 1. The third-order valence-electron chi connectivity index (χ3n) is 3.22. The predicted molar refractivity (Wildman–Crippen MR) is 79.5 cm³/mol. The third kappa shape index (κ3) is 3.95. The summed E-state index contributed by atoms with van der Waals surface area (Å²) in [5.41, 5.74) is 0.964. The summed E-state index contributed by atoms with van der Waals surface area (Å²) in [6.45, 7) is 3.68. The first-order valence-electron chi connectivity index (χ1n) is 6.30. The van der Waals surface area contributed by atoms with E-state index >= 15 is 0 Å². The van der Waals surface area contributed by atoms with E-state index in [1.807, 2.05) is 19.1 Å². The molecule has 0 aromatic carbocycles. The van der Waals surface area contributed by atoms with E-state index in [1.54, 1.807) is 0 Å². The van der Waals surface area contributed by atoms with Gasteiger partial charge in [0.15, 0.2) is 5.75 Å². The fraction of sp³-hybridized carbons (Fsp3) is 0.538. The number of nitrogens with zero attached hydrogens (tertiary/aromatic N) is 2. The third-order valence-corrected chi connectivity index (χ3v) is 3.99. The van der Waals surface area contributed by atoms with Crippen LogP contribution in [0.5, 0.6) is 5.75 Å². The Balaban J connectivity index is 1.89. The van der Waals surface area contributed by atoms with E-state index in [1.165, 1.54) is 4.90 Å². The number of carbonyl (C=O) groups is 1. The number of rotatable bonds is 3. The summed E-state index contributed by atoms with van der Waals surface area (Å²) in [6.07, 6.45) is 1.08. The maximum atomic E-state index is 10.9. The number of hydrogen-bond acceptors (Lipinski definition) is 3. The van der Waals surface area contributed by atoms with Crippen LogP contribution in [-0.2, 0) is 0 Å². The lowest BCUT2D eigenvalue weighted by Crippen LogP contribution is -2.40. The zero-order valence-corrected chi connectivity index (χ0v) is 13.0. The van der Waals surface area contributed by atoms with Crippen LogP contribution in [0.1, 0.15) is 18.5 Å². The number of aryl methyl sites for hydroxylation is 1. The molecule has 1 aliphatic heterocycles. The molecule has 1 amide bonds. The monoisotopic (exact) mass is 376 g/mol. The van der Waals surface area contributed by atoms with Crippen LogP contribution < -0.4 is 4.74 Å². The van der Waals surface area contributed by atoms with Crippen molar-refractivity contribution >= 4 is 28.7 Å². The number of likely N-dealkylation sites (tertiary alicyclic amines) is 1. The molecule has 1 aromatic heterocycles. The van der Waals surface area contributed by atoms with Gasteiger partial charge < -0.3 is 14.7 Å². The summed E-state index contributed by atoms with van der Waals surface area (Å²) in [5.74, 6) is 1.04. The van der Waals surface area contributed by atoms with Crippen molar-refractivity contribution in [3.63, 3.8) is 0 Å². The lowest BCUT2D eigenvalue weighted by Gasteiger charge is -2.30. The first kappa shape index (κ1) is 14.4. The average Bonchev–Trinajstić information content (AvgIpc) is 2.38. The van der Waals surface area contributed by atoms with Crippen molar-refractivity contribution in [1.29, 1.82) is 0 Å². The quantitative estimate of drug-likeness (QED) is 0.651. The molecule has 1 aliphatic rings. The number of aromatic nitrogens is 1. The van der Waals surface area contributed by atoms with E-state index in [9.17, 15) is 4.79 Å². The number of halogens is 1. The summed E-state index contributed by atoms with van der Waals surface area (Å²) in [4.78, 5) is 16.7. The van der Waals surface area contributed by atoms with E-state index in [-0.39, 0.29) is 5.92 Å². The summed E-state index contributed by atoms with van der Waals surface area (Å²) in [5, 5.41) is 8.99. The summed E-state index contributed by atoms with van der Waals surface area (Å²) >= 11 is 2.15. The van der Waals surface area contributed by atoms with Crippen LogP contribution in [0.15, 0.2) is 12.1 Å². The minimum absolute atomic E-state index is 0.266. The zero-order valence-electron chi connectivity index (χ0n) is 10.8. The molecule has 19 heavy (non-hydrogen) atoms. The number of ether oxygens (including phenoxy) is 1. The molecule has 5 nitrogen and oxygen atoms in total. The minimum atomic E-state index is -0.837. The molecule has 1 N–H and O–H groups in total. The maximum Gasteiger partial charge on any atom is 0.407 e. The van der Waals surface area contributed by atoms with E-state index in [2.05, 4.69) is 27.6 Å². The molecule has 1 fully saturated rings. The van der Waals surface area contributed by atoms with Crippen molar-refractivity contribution in [2.45, 2.75) is 19.8 Å². The second-order valence-electron chi connectivity index (χ2n) is 4.79. The molecule has 0 radical (unpaired) electrons. The molecule has 1 saturated heterocycles. The molecule has 2 rings (SSSR count). The Hall–Kier alpha value is -1.05. The molecule has 1 atom stereocenters. The van der Waals surface area contributed by atoms with E-state index in [0.29, 0.717) is 19.7 Å². The smallest absolute Gasteiger partial charge is 0.407 e. The minimum Gasteiger partial charge on any atom is -0.490 e. The Morgan fingerprint density at radius 1 is 1.63 bits per heavy atom. The van der Waals surface area contributed by atoms with Crippen molar-refractivity contribution in [2.24, 2.45) is 5.92 Å². The average molecular weight is 376 g/mol. The Labute approximate surface area is 126 Å². The van der Waals surface area contributed by atoms with Gasteiger partial charge in [-0.25, -0.2) is 9.78 Å². The lowest BCUT2D eigenvalue weighted by atomic mass is 9.99. The van der Waals surface area contributed by atoms with Gasteiger partial charge in [-0.2, -0.15) is 0 Å². The fourth-order valence-corrected chi connectivity index (χ4v) is 2.92. The molecule has 0 bridgehead atoms. The van der Waals surface area contributed by atoms with E-state index in [0.717, 1.165) is 28.0 Å². The highest BCUT2D eigenvalue weighted by atomic mass is 127. The number of amides is 1. The van der Waals surface area contributed by atoms with Crippen LogP contribution >= 0.6 is 22.6 Å². The summed E-state index contributed by atoms with van der Waals surface area (Å²) < 4.78 is 6.62. The molecule has 2 heterocycles. The Morgan fingerprint density at radius 3 is 3.11 bits per heavy atom. The van der Waals surface area contributed by atoms with Crippen molar-refractivity contribution in [1.82, 2.24) is 9.88 Å². The molecular formula is C13H17IN2O3. The molecule has 1 aromatic rings. The highest BCUT2D eigenvalue weighted by Gasteiger charge is 2.23. The van der Waals surface area contributed by atoms with Crippen LogP contribution in [0.3, 0.4) is 0 Å². The van der Waals surface area contributed by atoms with Gasteiger partial charge in [0.05, 0.1) is 6.61 Å². The molecule has 0 aliphatic carbocycles. The Kier molecular flexibility index (Phi) is 4.84. The summed E-state index contributed by atoms with van der Waals surface area (Å²) in [7, 11) is 0. The van der Waals surface area contributed by atoms with Gasteiger partial charge in [0.2, 0.25) is 0 Å². The van der Waals surface area contributed by atoms with E-state index in [4.69, 9.17) is 9.84 Å². The van der Waals surface area contributed by atoms with Crippen molar-refractivity contribution < 1.29 is 14.6 Å². The Bertz CT molecular complexity index is 467. The maximum absolute atomic E-state index is 10.9. The lowest BCUT2D eigenvalue weighted by molar-refractivity contribution is 0.104. The molecule has 0 saturated carbocycles. The van der Waals surface area contributed by atoms with Gasteiger partial charge in [0, 0.05) is 24.7 Å². The van der Waals surface area contributed by atoms with Gasteiger partial charge in [-0.3, -0.25) is 0 Å². The molecule has 0 unspecified atom stereocenters. The van der Waals surface area contributed by atoms with Crippen molar-refractivity contribution in [3.05, 3.63) is 21.5 Å². The second-order valence-corrected chi connectivity index (χ2v) is 5.81. The van der Waals surface area contributed by atoms with Gasteiger partial charge in [0.1, 0.15) is 3.70 Å². The van der Waals surface area contributed by atoms with Gasteiger partial charge in [-0.15, -0.1) is 0 Å². The number of pyridine rings is 1. The standard InChI is InChI=1S/C13H17IN2O3/c1-9-4-5-11(12(14)15-9)19-8-10-3-2-6-16(7-10)13(17)18/h4-5,10H,2-3,6-8H2,1H3,(H,17,18)/t10-/m0/s1. The van der Waals surface area contributed by atoms with Gasteiger partial charge in [-0.1, -0.05) is 0 Å². The van der Waals surface area contributed by atoms with Gasteiger partial charge in [-0.05, 0) is 54.5 Å². The SMILES string of the molecule is Cc1ccc(OC[C@H]2CCCN(C(=O)O)C2)c(I)n1. The molecule has 6 heteroatoms. The van der Waals surface area contributed by atoms with Crippen LogP contribution in [-0.4, -0.2) is 40.8 Å². The first-order valence-corrected chi connectivity index (χ1v) is 7.38. The highest BCUT2D eigenvalue weighted by molar-refractivity contribution is 14.1. The van der Waals surface area contributed by atoms with Crippen LogP contribution in [0.4, 0.5) is 4.79 Å². The van der Waals surface area contributed by atoms with E-state index < -0.39 is 6.09 Å². The van der Waals surface area contributed by atoms with Crippen LogP contribution in [0.25, 0.3) is 0 Å².